The van der Waals surface area contributed by atoms with Crippen molar-refractivity contribution in [3.63, 3.8) is 0 Å². The van der Waals surface area contributed by atoms with E-state index in [0.717, 1.165) is 23.1 Å². The van der Waals surface area contributed by atoms with Gasteiger partial charge in [0.15, 0.2) is 11.0 Å². The van der Waals surface area contributed by atoms with Crippen LogP contribution in [0.3, 0.4) is 0 Å². The first-order chi connectivity index (χ1) is 10.1. The fourth-order valence-corrected chi connectivity index (χ4v) is 3.24. The van der Waals surface area contributed by atoms with Crippen LogP contribution < -0.4 is 0 Å². The highest BCUT2D eigenvalue weighted by atomic mass is 32.2. The Balaban J connectivity index is 2.35. The van der Waals surface area contributed by atoms with Crippen LogP contribution in [0, 0.1) is 6.92 Å². The van der Waals surface area contributed by atoms with Gasteiger partial charge in [-0.15, -0.1) is 10.2 Å². The predicted octanol–water partition coefficient (Wildman–Crippen LogP) is 3.73. The largest absolute Gasteiger partial charge is 0.302 e. The van der Waals surface area contributed by atoms with Crippen molar-refractivity contribution in [3.8, 4) is 11.4 Å². The average molecular weight is 303 g/mol. The van der Waals surface area contributed by atoms with Crippen molar-refractivity contribution in [1.29, 1.82) is 0 Å². The molecule has 0 spiro atoms. The number of benzene rings is 1. The molecule has 4 nitrogen and oxygen atoms in total. The van der Waals surface area contributed by atoms with E-state index in [1.165, 1.54) is 17.3 Å². The molecule has 0 aliphatic heterocycles. The van der Waals surface area contributed by atoms with Crippen LogP contribution in [-0.4, -0.2) is 25.8 Å². The lowest BCUT2D eigenvalue weighted by molar-refractivity contribution is -0.118. The van der Waals surface area contributed by atoms with Crippen LogP contribution in [0.4, 0.5) is 0 Å². The van der Waals surface area contributed by atoms with E-state index in [4.69, 9.17) is 0 Å². The van der Waals surface area contributed by atoms with Crippen LogP contribution >= 0.6 is 11.8 Å². The zero-order chi connectivity index (χ0) is 15.4. The van der Waals surface area contributed by atoms with Crippen LogP contribution in [-0.2, 0) is 11.3 Å². The van der Waals surface area contributed by atoms with E-state index in [1.54, 1.807) is 0 Å². The number of carbonyl (C=O) groups excluding carboxylic acids is 1. The number of thioether (sulfide) groups is 1. The van der Waals surface area contributed by atoms with E-state index in [0.29, 0.717) is 6.42 Å². The second-order valence-electron chi connectivity index (χ2n) is 4.95. The first kappa shape index (κ1) is 15.8. The third-order valence-corrected chi connectivity index (χ3v) is 4.63. The fourth-order valence-electron chi connectivity index (χ4n) is 2.20. The Kier molecular flexibility index (Phi) is 5.17. The van der Waals surface area contributed by atoms with Gasteiger partial charge in [0.25, 0.3) is 0 Å². The van der Waals surface area contributed by atoms with Gasteiger partial charge in [0.05, 0.1) is 5.25 Å². The number of carbonyl (C=O) groups is 1. The Morgan fingerprint density at radius 1 is 1.29 bits per heavy atom. The summed E-state index contributed by atoms with van der Waals surface area (Å²) in [5, 5.41) is 9.34. The molecule has 0 radical (unpaired) electrons. The quantitative estimate of drug-likeness (QED) is 0.763. The third kappa shape index (κ3) is 3.35. The molecule has 0 aliphatic rings. The molecule has 112 valence electrons. The Bertz CT molecular complexity index is 636. The standard InChI is InChI=1S/C16H21N3OS/c1-5-14(20)12(4)21-16-18-17-15(19(16)6-2)13-10-8-7-9-11(13)3/h7-10,12H,5-6H2,1-4H3. The van der Waals surface area contributed by atoms with E-state index in [2.05, 4.69) is 40.7 Å². The summed E-state index contributed by atoms with van der Waals surface area (Å²) < 4.78 is 2.08. The van der Waals surface area contributed by atoms with Crippen LogP contribution in [0.1, 0.15) is 32.8 Å². The summed E-state index contributed by atoms with van der Waals surface area (Å²) >= 11 is 1.49. The molecular formula is C16H21N3OS. The average Bonchev–Trinajstić information content (AvgIpc) is 2.89. The van der Waals surface area contributed by atoms with Gasteiger partial charge in [0, 0.05) is 18.5 Å². The summed E-state index contributed by atoms with van der Waals surface area (Å²) in [6, 6.07) is 8.15. The molecule has 21 heavy (non-hydrogen) atoms. The number of rotatable bonds is 6. The maximum Gasteiger partial charge on any atom is 0.192 e. The summed E-state index contributed by atoms with van der Waals surface area (Å²) in [7, 11) is 0. The number of Topliss-reactive ketones (excluding diaryl/α,β-unsaturated/α-hetero) is 1. The van der Waals surface area contributed by atoms with Crippen molar-refractivity contribution in [2.24, 2.45) is 0 Å². The number of hydrogen-bond donors (Lipinski definition) is 0. The maximum absolute atomic E-state index is 11.8. The topological polar surface area (TPSA) is 47.8 Å². The Labute approximate surface area is 130 Å². The van der Waals surface area contributed by atoms with Crippen molar-refractivity contribution in [2.75, 3.05) is 0 Å². The molecule has 1 aromatic heterocycles. The Morgan fingerprint density at radius 3 is 2.62 bits per heavy atom. The monoisotopic (exact) mass is 303 g/mol. The van der Waals surface area contributed by atoms with Crippen molar-refractivity contribution in [1.82, 2.24) is 14.8 Å². The molecule has 2 rings (SSSR count). The zero-order valence-electron chi connectivity index (χ0n) is 13.0. The molecule has 5 heteroatoms. The first-order valence-corrected chi connectivity index (χ1v) is 8.15. The second kappa shape index (κ2) is 6.89. The highest BCUT2D eigenvalue weighted by Gasteiger charge is 2.19. The van der Waals surface area contributed by atoms with Crippen LogP contribution in [0.2, 0.25) is 0 Å². The van der Waals surface area contributed by atoms with Gasteiger partial charge < -0.3 is 4.57 Å². The molecule has 0 aliphatic carbocycles. The van der Waals surface area contributed by atoms with Gasteiger partial charge in [-0.05, 0) is 26.3 Å². The number of nitrogens with zero attached hydrogens (tertiary/aromatic N) is 3. The molecule has 0 bridgehead atoms. The Hall–Kier alpha value is -1.62. The molecule has 1 aromatic carbocycles. The lowest BCUT2D eigenvalue weighted by Gasteiger charge is -2.11. The normalized spacial score (nSPS) is 12.4. The Morgan fingerprint density at radius 2 is 2.00 bits per heavy atom. The highest BCUT2D eigenvalue weighted by molar-refractivity contribution is 8.00. The minimum atomic E-state index is -0.0887. The molecule has 0 N–H and O–H groups in total. The molecule has 1 atom stereocenters. The SMILES string of the molecule is CCC(=O)C(C)Sc1nnc(-c2ccccc2C)n1CC. The number of aryl methyl sites for hydroxylation is 1. The summed E-state index contributed by atoms with van der Waals surface area (Å²) in [4.78, 5) is 11.8. The van der Waals surface area contributed by atoms with Gasteiger partial charge >= 0.3 is 0 Å². The molecule has 0 fully saturated rings. The van der Waals surface area contributed by atoms with Crippen molar-refractivity contribution >= 4 is 17.5 Å². The van der Waals surface area contributed by atoms with Gasteiger partial charge in [-0.2, -0.15) is 0 Å². The van der Waals surface area contributed by atoms with Crippen LogP contribution in [0.15, 0.2) is 29.4 Å². The van der Waals surface area contributed by atoms with E-state index < -0.39 is 0 Å². The molecule has 0 amide bonds. The molecule has 1 unspecified atom stereocenters. The molecular weight excluding hydrogens is 282 g/mol. The van der Waals surface area contributed by atoms with Gasteiger partial charge in [-0.1, -0.05) is 43.0 Å². The summed E-state index contributed by atoms with van der Waals surface area (Å²) in [5.41, 5.74) is 2.27. The minimum Gasteiger partial charge on any atom is -0.302 e. The summed E-state index contributed by atoms with van der Waals surface area (Å²) in [6.45, 7) is 8.74. The van der Waals surface area contributed by atoms with Gasteiger partial charge in [-0.3, -0.25) is 4.79 Å². The van der Waals surface area contributed by atoms with Gasteiger partial charge in [0.1, 0.15) is 5.78 Å². The van der Waals surface area contributed by atoms with Crippen molar-refractivity contribution in [2.45, 2.75) is 51.1 Å². The summed E-state index contributed by atoms with van der Waals surface area (Å²) in [6.07, 6.45) is 0.555. The van der Waals surface area contributed by atoms with E-state index >= 15 is 0 Å². The molecule has 2 aromatic rings. The smallest absolute Gasteiger partial charge is 0.192 e. The van der Waals surface area contributed by atoms with Crippen molar-refractivity contribution < 1.29 is 4.79 Å². The highest BCUT2D eigenvalue weighted by Crippen LogP contribution is 2.28. The summed E-state index contributed by atoms with van der Waals surface area (Å²) in [5.74, 6) is 1.11. The zero-order valence-corrected chi connectivity index (χ0v) is 13.8. The first-order valence-electron chi connectivity index (χ1n) is 7.27. The molecule has 0 saturated carbocycles. The van der Waals surface area contributed by atoms with Crippen LogP contribution in [0.5, 0.6) is 0 Å². The van der Waals surface area contributed by atoms with Crippen LogP contribution in [0.25, 0.3) is 11.4 Å². The predicted molar refractivity (Wildman–Crippen MR) is 86.5 cm³/mol. The molecule has 1 heterocycles. The van der Waals surface area contributed by atoms with E-state index in [9.17, 15) is 4.79 Å². The minimum absolute atomic E-state index is 0.0887. The van der Waals surface area contributed by atoms with E-state index in [-0.39, 0.29) is 11.0 Å². The fraction of sp³-hybridized carbons (Fsp3) is 0.438. The number of ketones is 1. The lowest BCUT2D eigenvalue weighted by Crippen LogP contribution is -2.13. The third-order valence-electron chi connectivity index (χ3n) is 3.50. The second-order valence-corrected chi connectivity index (χ2v) is 6.25. The maximum atomic E-state index is 11.8. The lowest BCUT2D eigenvalue weighted by atomic mass is 10.1. The van der Waals surface area contributed by atoms with Gasteiger partial charge in [-0.25, -0.2) is 0 Å². The van der Waals surface area contributed by atoms with E-state index in [1.807, 2.05) is 26.0 Å². The number of aromatic nitrogens is 3. The molecule has 0 saturated heterocycles. The van der Waals surface area contributed by atoms with Gasteiger partial charge in [0.2, 0.25) is 0 Å². The van der Waals surface area contributed by atoms with Crippen molar-refractivity contribution in [3.05, 3.63) is 29.8 Å². The number of hydrogen-bond acceptors (Lipinski definition) is 4.